The number of esters is 1. The van der Waals surface area contributed by atoms with Crippen molar-refractivity contribution in [2.24, 2.45) is 5.92 Å². The molecule has 0 spiro atoms. The lowest BCUT2D eigenvalue weighted by molar-refractivity contribution is -0.153. The molecule has 0 amide bonds. The number of rotatable bonds is 7. The van der Waals surface area contributed by atoms with Gasteiger partial charge in [-0.05, 0) is 42.5 Å². The molecule has 2 N–H and O–H groups in total. The molecule has 7 heteroatoms. The highest BCUT2D eigenvalue weighted by Crippen LogP contribution is 2.42. The van der Waals surface area contributed by atoms with Crippen LogP contribution in [0.3, 0.4) is 0 Å². The van der Waals surface area contributed by atoms with Crippen LogP contribution < -0.4 is 10.5 Å². The van der Waals surface area contributed by atoms with Gasteiger partial charge in [0.05, 0.1) is 18.7 Å². The molecule has 1 fully saturated rings. The van der Waals surface area contributed by atoms with Gasteiger partial charge in [0.2, 0.25) is 0 Å². The molecule has 0 aromatic heterocycles. The van der Waals surface area contributed by atoms with Crippen LogP contribution in [0.4, 0.5) is 18.9 Å². The predicted molar refractivity (Wildman–Crippen MR) is 109 cm³/mol. The standard InChI is InChI=1S/C23H26F3NO3/c1-14-6-8-16(9-7-14)18-11-17(12-20(21(18)27)30-13-23(24,25)26)19(22(28)29-2)10-15-4-3-5-15/h6-9,11-12,15,19H,3-5,10,13,27H2,1-2H3. The molecular formula is C23H26F3NO3. The fourth-order valence-corrected chi connectivity index (χ4v) is 3.67. The fourth-order valence-electron chi connectivity index (χ4n) is 3.67. The van der Waals surface area contributed by atoms with E-state index >= 15 is 0 Å². The van der Waals surface area contributed by atoms with Crippen LogP contribution in [-0.4, -0.2) is 25.9 Å². The summed E-state index contributed by atoms with van der Waals surface area (Å²) in [4.78, 5) is 12.5. The SMILES string of the molecule is COC(=O)C(CC1CCC1)c1cc(OCC(F)(F)F)c(N)c(-c2ccc(C)cc2)c1. The van der Waals surface area contributed by atoms with Crippen LogP contribution in [-0.2, 0) is 9.53 Å². The first-order valence-corrected chi connectivity index (χ1v) is 9.95. The monoisotopic (exact) mass is 421 g/mol. The molecule has 1 unspecified atom stereocenters. The van der Waals surface area contributed by atoms with Crippen molar-refractivity contribution in [1.82, 2.24) is 0 Å². The molecule has 30 heavy (non-hydrogen) atoms. The van der Waals surface area contributed by atoms with Crippen molar-refractivity contribution in [3.63, 3.8) is 0 Å². The van der Waals surface area contributed by atoms with Crippen molar-refractivity contribution in [2.75, 3.05) is 19.5 Å². The van der Waals surface area contributed by atoms with Crippen molar-refractivity contribution in [3.8, 4) is 16.9 Å². The first-order valence-electron chi connectivity index (χ1n) is 9.95. The van der Waals surface area contributed by atoms with Crippen molar-refractivity contribution in [1.29, 1.82) is 0 Å². The minimum absolute atomic E-state index is 0.0806. The molecule has 4 nitrogen and oxygen atoms in total. The maximum Gasteiger partial charge on any atom is 0.422 e. The van der Waals surface area contributed by atoms with Gasteiger partial charge in [0.25, 0.3) is 0 Å². The van der Waals surface area contributed by atoms with Gasteiger partial charge in [-0.1, -0.05) is 49.1 Å². The van der Waals surface area contributed by atoms with Gasteiger partial charge in [0, 0.05) is 5.56 Å². The Bertz CT molecular complexity index is 890. The average Bonchev–Trinajstić information content (AvgIpc) is 2.66. The maximum absolute atomic E-state index is 12.8. The summed E-state index contributed by atoms with van der Waals surface area (Å²) in [7, 11) is 1.31. The first kappa shape index (κ1) is 22.0. The largest absolute Gasteiger partial charge is 0.482 e. The number of nitrogen functional groups attached to an aromatic ring is 1. The highest BCUT2D eigenvalue weighted by atomic mass is 19.4. The minimum atomic E-state index is -4.50. The number of carbonyl (C=O) groups excluding carboxylic acids is 1. The third kappa shape index (κ3) is 5.26. The molecule has 0 heterocycles. The van der Waals surface area contributed by atoms with E-state index in [9.17, 15) is 18.0 Å². The lowest BCUT2D eigenvalue weighted by Crippen LogP contribution is -2.22. The number of ether oxygens (including phenoxy) is 2. The van der Waals surface area contributed by atoms with Gasteiger partial charge in [-0.2, -0.15) is 13.2 Å². The third-order valence-electron chi connectivity index (χ3n) is 5.60. The lowest BCUT2D eigenvalue weighted by atomic mass is 9.77. The Balaban J connectivity index is 2.06. The van der Waals surface area contributed by atoms with E-state index in [1.54, 1.807) is 6.07 Å². The minimum Gasteiger partial charge on any atom is -0.482 e. The van der Waals surface area contributed by atoms with Gasteiger partial charge in [-0.15, -0.1) is 0 Å². The van der Waals surface area contributed by atoms with E-state index < -0.39 is 24.7 Å². The Labute approximate surface area is 174 Å². The number of halogens is 3. The maximum atomic E-state index is 12.8. The summed E-state index contributed by atoms with van der Waals surface area (Å²) in [6, 6.07) is 10.7. The molecule has 162 valence electrons. The van der Waals surface area contributed by atoms with E-state index in [0.29, 0.717) is 23.5 Å². The highest BCUT2D eigenvalue weighted by molar-refractivity contribution is 5.85. The number of anilines is 1. The summed E-state index contributed by atoms with van der Waals surface area (Å²) >= 11 is 0. The average molecular weight is 421 g/mol. The topological polar surface area (TPSA) is 61.5 Å². The van der Waals surface area contributed by atoms with Crippen LogP contribution in [0.15, 0.2) is 36.4 Å². The molecule has 0 radical (unpaired) electrons. The zero-order valence-electron chi connectivity index (χ0n) is 17.1. The predicted octanol–water partition coefficient (Wildman–Crippen LogP) is 5.63. The van der Waals surface area contributed by atoms with E-state index in [2.05, 4.69) is 0 Å². The normalized spacial score (nSPS) is 15.4. The first-order chi connectivity index (χ1) is 14.2. The Morgan fingerprint density at radius 2 is 1.87 bits per heavy atom. The molecule has 1 saturated carbocycles. The molecular weight excluding hydrogens is 395 g/mol. The Kier molecular flexibility index (Phi) is 6.58. The van der Waals surface area contributed by atoms with Crippen molar-refractivity contribution >= 4 is 11.7 Å². The molecule has 0 aliphatic heterocycles. The molecule has 2 aromatic carbocycles. The van der Waals surface area contributed by atoms with E-state index in [1.165, 1.54) is 13.2 Å². The summed E-state index contributed by atoms with van der Waals surface area (Å²) in [6.07, 6.45) is -0.729. The van der Waals surface area contributed by atoms with Crippen molar-refractivity contribution in [3.05, 3.63) is 47.5 Å². The van der Waals surface area contributed by atoms with Crippen LogP contribution in [0.5, 0.6) is 5.75 Å². The van der Waals surface area contributed by atoms with E-state index in [-0.39, 0.29) is 11.4 Å². The number of aryl methyl sites for hydroxylation is 1. The van der Waals surface area contributed by atoms with Gasteiger partial charge < -0.3 is 15.2 Å². The van der Waals surface area contributed by atoms with E-state index in [1.807, 2.05) is 31.2 Å². The molecule has 1 aliphatic carbocycles. The van der Waals surface area contributed by atoms with Crippen LogP contribution in [0.1, 0.15) is 42.7 Å². The smallest absolute Gasteiger partial charge is 0.422 e. The van der Waals surface area contributed by atoms with Crippen LogP contribution >= 0.6 is 0 Å². The molecule has 1 atom stereocenters. The van der Waals surface area contributed by atoms with Crippen LogP contribution in [0.2, 0.25) is 0 Å². The summed E-state index contributed by atoms with van der Waals surface area (Å²) in [5.41, 5.74) is 9.17. The highest BCUT2D eigenvalue weighted by Gasteiger charge is 2.32. The summed E-state index contributed by atoms with van der Waals surface area (Å²) in [5, 5.41) is 0. The Hall–Kier alpha value is -2.70. The molecule has 2 aromatic rings. The number of alkyl halides is 3. The Morgan fingerprint density at radius 1 is 1.20 bits per heavy atom. The second-order valence-electron chi connectivity index (χ2n) is 7.86. The van der Waals surface area contributed by atoms with Gasteiger partial charge >= 0.3 is 12.1 Å². The second-order valence-corrected chi connectivity index (χ2v) is 7.86. The fraction of sp³-hybridized carbons (Fsp3) is 0.435. The third-order valence-corrected chi connectivity index (χ3v) is 5.60. The zero-order chi connectivity index (χ0) is 21.9. The van der Waals surface area contributed by atoms with Gasteiger partial charge in [-0.3, -0.25) is 4.79 Å². The number of benzene rings is 2. The van der Waals surface area contributed by atoms with E-state index in [4.69, 9.17) is 15.2 Å². The van der Waals surface area contributed by atoms with Crippen molar-refractivity contribution in [2.45, 2.75) is 44.7 Å². The molecule has 0 bridgehead atoms. The zero-order valence-corrected chi connectivity index (χ0v) is 17.1. The molecule has 0 saturated heterocycles. The number of hydrogen-bond acceptors (Lipinski definition) is 4. The summed E-state index contributed by atoms with van der Waals surface area (Å²) in [5.74, 6) is -0.682. The summed E-state index contributed by atoms with van der Waals surface area (Å²) < 4.78 is 48.3. The number of methoxy groups -OCH3 is 1. The van der Waals surface area contributed by atoms with Crippen molar-refractivity contribution < 1.29 is 27.4 Å². The van der Waals surface area contributed by atoms with Crippen LogP contribution in [0, 0.1) is 12.8 Å². The number of carbonyl (C=O) groups is 1. The van der Waals surface area contributed by atoms with Gasteiger partial charge in [-0.25, -0.2) is 0 Å². The molecule has 1 aliphatic rings. The Morgan fingerprint density at radius 3 is 2.40 bits per heavy atom. The molecule has 3 rings (SSSR count). The summed E-state index contributed by atoms with van der Waals surface area (Å²) in [6.45, 7) is 0.479. The number of hydrogen-bond donors (Lipinski definition) is 1. The number of nitrogens with two attached hydrogens (primary N) is 1. The van der Waals surface area contributed by atoms with Gasteiger partial charge in [0.1, 0.15) is 5.75 Å². The quantitative estimate of drug-likeness (QED) is 0.465. The van der Waals surface area contributed by atoms with Gasteiger partial charge in [0.15, 0.2) is 6.61 Å². The van der Waals surface area contributed by atoms with Crippen LogP contribution in [0.25, 0.3) is 11.1 Å². The van der Waals surface area contributed by atoms with E-state index in [0.717, 1.165) is 30.4 Å². The second kappa shape index (κ2) is 8.98. The lowest BCUT2D eigenvalue weighted by Gasteiger charge is -2.29.